The van der Waals surface area contributed by atoms with Gasteiger partial charge in [0, 0.05) is 29.9 Å². The lowest BCUT2D eigenvalue weighted by Gasteiger charge is -2.29. The number of carboxylic acids is 3. The molecule has 13 heteroatoms. The highest BCUT2D eigenvalue weighted by Crippen LogP contribution is 2.26. The summed E-state index contributed by atoms with van der Waals surface area (Å²) in [5.41, 5.74) is 6.23. The molecule has 1 rings (SSSR count). The van der Waals surface area contributed by atoms with E-state index in [4.69, 9.17) is 5.53 Å². The third-order valence-corrected chi connectivity index (χ3v) is 7.20. The number of allylic oxidation sites excluding steroid dienone is 1. The summed E-state index contributed by atoms with van der Waals surface area (Å²) in [5.74, 6) is -7.86. The van der Waals surface area contributed by atoms with E-state index in [1.54, 1.807) is 0 Å². The first-order valence-electron chi connectivity index (χ1n) is 15.0. The molecule has 1 amide bonds. The second kappa shape index (κ2) is 20.6. The SMILES string of the molecule is CCCCCCCC(=O)CCCCCCC=C[C@H](C(=O)N[C@@H](Cc1ccc(N=[N+]=[N-])cc1)C(=O)O)[C@@](O)(CC(=O)O)C(=O)O. The number of nitrogens with zero attached hydrogens (tertiary/aromatic N) is 3. The minimum Gasteiger partial charge on any atom is -0.481 e. The van der Waals surface area contributed by atoms with Crippen molar-refractivity contribution < 1.29 is 44.4 Å². The Morgan fingerprint density at radius 2 is 1.52 bits per heavy atom. The number of carbonyl (C=O) groups is 5. The molecular formula is C31H44N4O9. The molecule has 0 aromatic heterocycles. The highest BCUT2D eigenvalue weighted by Gasteiger charge is 2.49. The number of aliphatic carboxylic acids is 3. The second-order valence-electron chi connectivity index (χ2n) is 10.8. The number of aliphatic hydroxyl groups is 1. The Balaban J connectivity index is 2.82. The first kappa shape index (κ1) is 37.8. The summed E-state index contributed by atoms with van der Waals surface area (Å²) < 4.78 is 0. The lowest BCUT2D eigenvalue weighted by atomic mass is 9.82. The van der Waals surface area contributed by atoms with Gasteiger partial charge in [-0.1, -0.05) is 87.0 Å². The molecular weight excluding hydrogens is 572 g/mol. The van der Waals surface area contributed by atoms with Crippen molar-refractivity contribution in [3.05, 3.63) is 52.4 Å². The lowest BCUT2D eigenvalue weighted by Crippen LogP contribution is -2.55. The van der Waals surface area contributed by atoms with E-state index in [9.17, 15) is 44.4 Å². The molecule has 0 spiro atoms. The Bertz CT molecular complexity index is 1180. The number of carboxylic acid groups (broad SMARTS) is 3. The summed E-state index contributed by atoms with van der Waals surface area (Å²) in [6, 6.07) is 4.35. The number of Topliss-reactive ketones (excluding diaryl/α,β-unsaturated/α-hetero) is 1. The zero-order chi connectivity index (χ0) is 33.0. The number of hydrogen-bond donors (Lipinski definition) is 5. The van der Waals surface area contributed by atoms with Crippen LogP contribution in [0.2, 0.25) is 0 Å². The van der Waals surface area contributed by atoms with Crippen molar-refractivity contribution in [2.75, 3.05) is 0 Å². The number of hydrogen-bond acceptors (Lipinski definition) is 7. The molecule has 0 radical (unpaired) electrons. The van der Waals surface area contributed by atoms with Crippen LogP contribution < -0.4 is 5.32 Å². The maximum Gasteiger partial charge on any atom is 0.337 e. The number of carbonyl (C=O) groups excluding carboxylic acids is 2. The average Bonchev–Trinajstić information content (AvgIpc) is 2.96. The van der Waals surface area contributed by atoms with Crippen molar-refractivity contribution >= 4 is 35.3 Å². The van der Waals surface area contributed by atoms with Gasteiger partial charge < -0.3 is 25.7 Å². The molecule has 13 nitrogen and oxygen atoms in total. The third kappa shape index (κ3) is 14.3. The average molecular weight is 617 g/mol. The largest absolute Gasteiger partial charge is 0.481 e. The molecule has 1 aromatic carbocycles. The molecule has 1 aromatic rings. The molecule has 0 heterocycles. The van der Waals surface area contributed by atoms with Crippen LogP contribution in [0.15, 0.2) is 41.5 Å². The van der Waals surface area contributed by atoms with Crippen LogP contribution in [0.25, 0.3) is 10.4 Å². The number of ketones is 1. The lowest BCUT2D eigenvalue weighted by molar-refractivity contribution is -0.172. The van der Waals surface area contributed by atoms with E-state index >= 15 is 0 Å². The zero-order valence-corrected chi connectivity index (χ0v) is 25.2. The van der Waals surface area contributed by atoms with E-state index in [-0.39, 0.29) is 12.2 Å². The normalized spacial score (nSPS) is 13.8. The predicted octanol–water partition coefficient (Wildman–Crippen LogP) is 5.47. The topological polar surface area (TPSA) is 227 Å². The molecule has 0 bridgehead atoms. The molecule has 5 N–H and O–H groups in total. The molecule has 0 unspecified atom stereocenters. The maximum absolute atomic E-state index is 13.2. The first-order chi connectivity index (χ1) is 20.9. The molecule has 0 aliphatic rings. The molecule has 0 saturated heterocycles. The van der Waals surface area contributed by atoms with Gasteiger partial charge in [0.1, 0.15) is 11.8 Å². The van der Waals surface area contributed by atoms with Gasteiger partial charge in [0.15, 0.2) is 5.60 Å². The zero-order valence-electron chi connectivity index (χ0n) is 25.2. The van der Waals surface area contributed by atoms with Crippen molar-refractivity contribution in [2.45, 2.75) is 108 Å². The Kier molecular flexibility index (Phi) is 17.7. The monoisotopic (exact) mass is 616 g/mol. The molecule has 0 fully saturated rings. The minimum absolute atomic E-state index is 0.222. The summed E-state index contributed by atoms with van der Waals surface area (Å²) in [5, 5.41) is 45.1. The highest BCUT2D eigenvalue weighted by atomic mass is 16.4. The van der Waals surface area contributed by atoms with Crippen molar-refractivity contribution in [1.29, 1.82) is 0 Å². The second-order valence-corrected chi connectivity index (χ2v) is 10.8. The number of nitrogens with one attached hydrogen (secondary N) is 1. The summed E-state index contributed by atoms with van der Waals surface area (Å²) in [6.45, 7) is 2.14. The predicted molar refractivity (Wildman–Crippen MR) is 162 cm³/mol. The summed E-state index contributed by atoms with van der Waals surface area (Å²) in [6.07, 6.45) is 11.0. The number of rotatable bonds is 24. The molecule has 3 atom stereocenters. The standard InChI is InChI=1S/C31H44N4O9/c1-2-3-4-7-10-13-24(36)14-11-8-5-6-9-12-15-25(31(44,30(42)43)21-27(37)38)28(39)33-26(29(40)41)20-22-16-18-23(19-17-22)34-35-32/h12,15-19,25-26,44H,2-11,13-14,20-21H2,1H3,(H,33,39)(H,37,38)(H,40,41)(H,42,43)/t25-,26+,31+/m1/s1. The van der Waals surface area contributed by atoms with E-state index in [1.165, 1.54) is 36.8 Å². The Labute approximate surface area is 257 Å². The van der Waals surface area contributed by atoms with Crippen LogP contribution in [0.4, 0.5) is 5.69 Å². The van der Waals surface area contributed by atoms with Gasteiger partial charge in [0.05, 0.1) is 12.3 Å². The molecule has 242 valence electrons. The van der Waals surface area contributed by atoms with Crippen LogP contribution in [0.3, 0.4) is 0 Å². The van der Waals surface area contributed by atoms with E-state index in [2.05, 4.69) is 22.3 Å². The summed E-state index contributed by atoms with van der Waals surface area (Å²) >= 11 is 0. The van der Waals surface area contributed by atoms with Gasteiger partial charge >= 0.3 is 17.9 Å². The van der Waals surface area contributed by atoms with Gasteiger partial charge in [-0.3, -0.25) is 14.4 Å². The van der Waals surface area contributed by atoms with E-state index in [0.29, 0.717) is 36.9 Å². The van der Waals surface area contributed by atoms with E-state index in [1.807, 2.05) is 0 Å². The van der Waals surface area contributed by atoms with Crippen LogP contribution in [0.1, 0.15) is 96.0 Å². The van der Waals surface area contributed by atoms with Crippen molar-refractivity contribution in [3.63, 3.8) is 0 Å². The molecule has 0 saturated carbocycles. The molecule has 0 aliphatic carbocycles. The van der Waals surface area contributed by atoms with Crippen LogP contribution in [0, 0.1) is 5.92 Å². The van der Waals surface area contributed by atoms with Crippen molar-refractivity contribution in [3.8, 4) is 0 Å². The fourth-order valence-electron chi connectivity index (χ4n) is 4.68. The fraction of sp³-hybridized carbons (Fsp3) is 0.581. The van der Waals surface area contributed by atoms with Gasteiger partial charge in [-0.05, 0) is 36.8 Å². The van der Waals surface area contributed by atoms with Gasteiger partial charge in [-0.15, -0.1) is 0 Å². The van der Waals surface area contributed by atoms with Gasteiger partial charge in [0.25, 0.3) is 0 Å². The smallest absolute Gasteiger partial charge is 0.337 e. The quantitative estimate of drug-likeness (QED) is 0.0325. The van der Waals surface area contributed by atoms with Gasteiger partial charge in [-0.25, -0.2) is 9.59 Å². The number of azide groups is 1. The highest BCUT2D eigenvalue weighted by molar-refractivity contribution is 5.94. The van der Waals surface area contributed by atoms with Crippen LogP contribution in [-0.4, -0.2) is 61.7 Å². The maximum atomic E-state index is 13.2. The number of amides is 1. The van der Waals surface area contributed by atoms with Crippen molar-refractivity contribution in [1.82, 2.24) is 5.32 Å². The molecule has 44 heavy (non-hydrogen) atoms. The van der Waals surface area contributed by atoms with Crippen LogP contribution in [0.5, 0.6) is 0 Å². The number of benzene rings is 1. The Hall–Kier alpha value is -4.22. The molecule has 0 aliphatic heterocycles. The summed E-state index contributed by atoms with van der Waals surface area (Å²) in [4.78, 5) is 63.1. The van der Waals surface area contributed by atoms with Gasteiger partial charge in [0.2, 0.25) is 5.91 Å². The van der Waals surface area contributed by atoms with E-state index < -0.39 is 47.8 Å². The minimum atomic E-state index is -3.04. The number of unbranched alkanes of at least 4 members (excludes halogenated alkanes) is 8. The summed E-state index contributed by atoms with van der Waals surface area (Å²) in [7, 11) is 0. The van der Waals surface area contributed by atoms with E-state index in [0.717, 1.165) is 51.0 Å². The Morgan fingerprint density at radius 3 is 2.05 bits per heavy atom. The Morgan fingerprint density at radius 1 is 0.932 bits per heavy atom. The van der Waals surface area contributed by atoms with Crippen LogP contribution in [-0.2, 0) is 30.4 Å². The first-order valence-corrected chi connectivity index (χ1v) is 15.0. The third-order valence-electron chi connectivity index (χ3n) is 7.20. The van der Waals surface area contributed by atoms with Crippen LogP contribution >= 0.6 is 0 Å². The van der Waals surface area contributed by atoms with Gasteiger partial charge in [-0.2, -0.15) is 0 Å². The van der Waals surface area contributed by atoms with Crippen molar-refractivity contribution in [2.24, 2.45) is 11.0 Å². The fourth-order valence-corrected chi connectivity index (χ4v) is 4.68.